The predicted octanol–water partition coefficient (Wildman–Crippen LogP) is 5.35. The van der Waals surface area contributed by atoms with Gasteiger partial charge in [0.2, 0.25) is 0 Å². The second-order valence-electron chi connectivity index (χ2n) is 5.68. The number of nitrogens with one attached hydrogen (secondary N) is 1. The van der Waals surface area contributed by atoms with Gasteiger partial charge in [0.1, 0.15) is 0 Å². The van der Waals surface area contributed by atoms with Gasteiger partial charge in [-0.3, -0.25) is 0 Å². The molecule has 0 aromatic heterocycles. The van der Waals surface area contributed by atoms with E-state index in [1.165, 1.54) is 22.3 Å². The van der Waals surface area contributed by atoms with Crippen molar-refractivity contribution in [2.45, 2.75) is 39.7 Å². The van der Waals surface area contributed by atoms with E-state index in [-0.39, 0.29) is 0 Å². The molecule has 2 aromatic carbocycles. The Morgan fingerprint density at radius 3 is 2.33 bits per heavy atom. The van der Waals surface area contributed by atoms with Crippen molar-refractivity contribution in [2.75, 3.05) is 6.54 Å². The highest BCUT2D eigenvalue weighted by Gasteiger charge is 2.12. The minimum atomic E-state index is 0.380. The minimum Gasteiger partial charge on any atom is -0.310 e. The van der Waals surface area contributed by atoms with Crippen LogP contribution in [0.4, 0.5) is 0 Å². The molecule has 21 heavy (non-hydrogen) atoms. The van der Waals surface area contributed by atoms with Crippen molar-refractivity contribution in [3.05, 3.63) is 69.2 Å². The van der Waals surface area contributed by atoms with Crippen LogP contribution in [0.2, 0.25) is 0 Å². The predicted molar refractivity (Wildman–Crippen MR) is 94.8 cm³/mol. The molecule has 0 radical (unpaired) electrons. The average Bonchev–Trinajstić information content (AvgIpc) is 2.48. The maximum atomic E-state index is 3.68. The molecule has 0 bridgehead atoms. The molecule has 1 N–H and O–H groups in total. The number of halogens is 1. The van der Waals surface area contributed by atoms with Gasteiger partial charge in [0.05, 0.1) is 0 Å². The van der Waals surface area contributed by atoms with E-state index in [1.54, 1.807) is 0 Å². The molecule has 0 aliphatic heterocycles. The molecule has 0 heterocycles. The van der Waals surface area contributed by atoms with Crippen LogP contribution in [-0.4, -0.2) is 6.54 Å². The van der Waals surface area contributed by atoms with Crippen LogP contribution in [0, 0.1) is 13.8 Å². The highest BCUT2D eigenvalue weighted by atomic mass is 79.9. The van der Waals surface area contributed by atoms with Gasteiger partial charge in [-0.2, -0.15) is 0 Å². The first-order valence-corrected chi connectivity index (χ1v) is 8.44. The Bertz CT molecular complexity index is 575. The number of hydrogen-bond acceptors (Lipinski definition) is 1. The summed E-state index contributed by atoms with van der Waals surface area (Å²) in [5.41, 5.74) is 5.47. The number of hydrogen-bond donors (Lipinski definition) is 1. The molecule has 2 heteroatoms. The smallest absolute Gasteiger partial charge is 0.0360 e. The SMILES string of the molecule is CCCNC(Cc1ccc(Br)cc1)c1ccc(C)c(C)c1. The lowest BCUT2D eigenvalue weighted by Gasteiger charge is -2.20. The van der Waals surface area contributed by atoms with Crippen LogP contribution in [0.5, 0.6) is 0 Å². The van der Waals surface area contributed by atoms with Gasteiger partial charge in [-0.1, -0.05) is 53.2 Å². The number of rotatable bonds is 6. The molecule has 0 saturated heterocycles. The standard InChI is InChI=1S/C19H24BrN/c1-4-11-21-19(13-16-6-9-18(20)10-7-16)17-8-5-14(2)15(3)12-17/h5-10,12,19,21H,4,11,13H2,1-3H3. The Kier molecular flexibility index (Phi) is 6.01. The number of benzene rings is 2. The zero-order valence-electron chi connectivity index (χ0n) is 13.1. The fraction of sp³-hybridized carbons (Fsp3) is 0.368. The molecule has 0 saturated carbocycles. The van der Waals surface area contributed by atoms with E-state index in [1.807, 2.05) is 0 Å². The molecule has 0 spiro atoms. The molecule has 0 amide bonds. The van der Waals surface area contributed by atoms with Gasteiger partial charge in [-0.05, 0) is 67.6 Å². The van der Waals surface area contributed by atoms with Crippen molar-refractivity contribution in [1.29, 1.82) is 0 Å². The van der Waals surface area contributed by atoms with Gasteiger partial charge in [-0.25, -0.2) is 0 Å². The molecule has 0 aliphatic carbocycles. The Morgan fingerprint density at radius 2 is 1.71 bits per heavy atom. The molecule has 2 aromatic rings. The van der Waals surface area contributed by atoms with Crippen molar-refractivity contribution < 1.29 is 0 Å². The second-order valence-corrected chi connectivity index (χ2v) is 6.60. The molecule has 1 nitrogen and oxygen atoms in total. The van der Waals surface area contributed by atoms with Gasteiger partial charge in [-0.15, -0.1) is 0 Å². The van der Waals surface area contributed by atoms with E-state index in [9.17, 15) is 0 Å². The van der Waals surface area contributed by atoms with E-state index in [0.29, 0.717) is 6.04 Å². The van der Waals surface area contributed by atoms with E-state index in [2.05, 4.69) is 84.5 Å². The summed E-state index contributed by atoms with van der Waals surface area (Å²) >= 11 is 3.50. The van der Waals surface area contributed by atoms with Crippen molar-refractivity contribution in [3.8, 4) is 0 Å². The quantitative estimate of drug-likeness (QED) is 0.743. The Morgan fingerprint density at radius 1 is 1.00 bits per heavy atom. The topological polar surface area (TPSA) is 12.0 Å². The van der Waals surface area contributed by atoms with Crippen molar-refractivity contribution in [3.63, 3.8) is 0 Å². The maximum Gasteiger partial charge on any atom is 0.0360 e. The van der Waals surface area contributed by atoms with E-state index >= 15 is 0 Å². The molecule has 1 unspecified atom stereocenters. The third-order valence-corrected chi connectivity index (χ3v) is 4.46. The highest BCUT2D eigenvalue weighted by Crippen LogP contribution is 2.22. The molecular weight excluding hydrogens is 322 g/mol. The third kappa shape index (κ3) is 4.69. The van der Waals surface area contributed by atoms with Crippen LogP contribution >= 0.6 is 15.9 Å². The van der Waals surface area contributed by atoms with E-state index in [0.717, 1.165) is 23.9 Å². The fourth-order valence-corrected chi connectivity index (χ4v) is 2.73. The lowest BCUT2D eigenvalue weighted by atomic mass is 9.96. The molecule has 2 rings (SSSR count). The first kappa shape index (κ1) is 16.3. The van der Waals surface area contributed by atoms with Crippen LogP contribution in [0.3, 0.4) is 0 Å². The van der Waals surface area contributed by atoms with Crippen LogP contribution in [0.15, 0.2) is 46.9 Å². The summed E-state index contributed by atoms with van der Waals surface area (Å²) in [5, 5.41) is 3.68. The fourth-order valence-electron chi connectivity index (χ4n) is 2.46. The normalized spacial score (nSPS) is 12.4. The van der Waals surface area contributed by atoms with Gasteiger partial charge >= 0.3 is 0 Å². The summed E-state index contributed by atoms with van der Waals surface area (Å²) in [6.45, 7) is 7.62. The average molecular weight is 346 g/mol. The van der Waals surface area contributed by atoms with Gasteiger partial charge < -0.3 is 5.32 Å². The Balaban J connectivity index is 2.20. The Labute approximate surface area is 136 Å². The lowest BCUT2D eigenvalue weighted by molar-refractivity contribution is 0.529. The summed E-state index contributed by atoms with van der Waals surface area (Å²) in [4.78, 5) is 0. The zero-order chi connectivity index (χ0) is 15.2. The second kappa shape index (κ2) is 7.77. The van der Waals surface area contributed by atoms with Gasteiger partial charge in [0, 0.05) is 10.5 Å². The molecule has 0 aliphatic rings. The summed E-state index contributed by atoms with van der Waals surface area (Å²) in [5.74, 6) is 0. The summed E-state index contributed by atoms with van der Waals surface area (Å²) < 4.78 is 1.13. The van der Waals surface area contributed by atoms with Crippen LogP contribution in [0.1, 0.15) is 41.6 Å². The first-order chi connectivity index (χ1) is 10.1. The minimum absolute atomic E-state index is 0.380. The first-order valence-electron chi connectivity index (χ1n) is 7.65. The van der Waals surface area contributed by atoms with Crippen molar-refractivity contribution >= 4 is 15.9 Å². The molecule has 1 atom stereocenters. The monoisotopic (exact) mass is 345 g/mol. The molecular formula is C19H24BrN. The molecule has 112 valence electrons. The lowest BCUT2D eigenvalue weighted by Crippen LogP contribution is -2.24. The molecule has 0 fully saturated rings. The highest BCUT2D eigenvalue weighted by molar-refractivity contribution is 9.10. The van der Waals surface area contributed by atoms with E-state index < -0.39 is 0 Å². The third-order valence-electron chi connectivity index (χ3n) is 3.93. The Hall–Kier alpha value is -1.12. The number of aryl methyl sites for hydroxylation is 2. The zero-order valence-corrected chi connectivity index (χ0v) is 14.7. The van der Waals surface area contributed by atoms with Gasteiger partial charge in [0.25, 0.3) is 0 Å². The van der Waals surface area contributed by atoms with Crippen molar-refractivity contribution in [1.82, 2.24) is 5.32 Å². The van der Waals surface area contributed by atoms with Crippen LogP contribution in [-0.2, 0) is 6.42 Å². The summed E-state index contributed by atoms with van der Waals surface area (Å²) in [7, 11) is 0. The van der Waals surface area contributed by atoms with Crippen LogP contribution < -0.4 is 5.32 Å². The largest absolute Gasteiger partial charge is 0.310 e. The van der Waals surface area contributed by atoms with Crippen LogP contribution in [0.25, 0.3) is 0 Å². The van der Waals surface area contributed by atoms with E-state index in [4.69, 9.17) is 0 Å². The summed E-state index contributed by atoms with van der Waals surface area (Å²) in [6.07, 6.45) is 2.18. The summed E-state index contributed by atoms with van der Waals surface area (Å²) in [6, 6.07) is 15.8. The van der Waals surface area contributed by atoms with Gasteiger partial charge in [0.15, 0.2) is 0 Å². The van der Waals surface area contributed by atoms with Crippen molar-refractivity contribution in [2.24, 2.45) is 0 Å². The maximum absolute atomic E-state index is 3.68.